The molecule has 4 heteroatoms. The van der Waals surface area contributed by atoms with Crippen LogP contribution in [0.3, 0.4) is 0 Å². The Hall–Kier alpha value is -2.75. The van der Waals surface area contributed by atoms with Gasteiger partial charge in [-0.1, -0.05) is 30.3 Å². The summed E-state index contributed by atoms with van der Waals surface area (Å²) in [6.07, 6.45) is 1.98. The van der Waals surface area contributed by atoms with E-state index in [2.05, 4.69) is 11.4 Å². The molecule has 0 aromatic heterocycles. The van der Waals surface area contributed by atoms with Gasteiger partial charge in [0.15, 0.2) is 11.6 Å². The van der Waals surface area contributed by atoms with Gasteiger partial charge in [0.1, 0.15) is 0 Å². The third kappa shape index (κ3) is 2.18. The highest BCUT2D eigenvalue weighted by Crippen LogP contribution is 2.35. The topological polar surface area (TPSA) is 29.1 Å². The first-order chi connectivity index (χ1) is 11.1. The van der Waals surface area contributed by atoms with Crippen molar-refractivity contribution in [1.29, 1.82) is 0 Å². The number of amides is 1. The van der Waals surface area contributed by atoms with Gasteiger partial charge in [0.05, 0.1) is 5.56 Å². The van der Waals surface area contributed by atoms with Crippen LogP contribution in [-0.2, 0) is 12.8 Å². The van der Waals surface area contributed by atoms with Gasteiger partial charge in [0.2, 0.25) is 0 Å². The Labute approximate surface area is 131 Å². The Morgan fingerprint density at radius 2 is 1.65 bits per heavy atom. The smallest absolute Gasteiger partial charge is 0.258 e. The second kappa shape index (κ2) is 5.16. The Kier molecular flexibility index (Phi) is 3.11. The normalized spacial score (nSPS) is 12.6. The average molecular weight is 309 g/mol. The first-order valence-electron chi connectivity index (χ1n) is 7.44. The fourth-order valence-electron chi connectivity index (χ4n) is 3.22. The van der Waals surface area contributed by atoms with Gasteiger partial charge in [-0.15, -0.1) is 0 Å². The van der Waals surface area contributed by atoms with Crippen molar-refractivity contribution >= 4 is 22.4 Å². The van der Waals surface area contributed by atoms with Gasteiger partial charge < -0.3 is 5.32 Å². The molecule has 3 aromatic rings. The highest BCUT2D eigenvalue weighted by Gasteiger charge is 2.19. The quantitative estimate of drug-likeness (QED) is 0.743. The first-order valence-corrected chi connectivity index (χ1v) is 7.44. The molecule has 114 valence electrons. The Balaban J connectivity index is 1.77. The minimum atomic E-state index is -1.13. The van der Waals surface area contributed by atoms with Crippen LogP contribution in [0, 0.1) is 11.6 Å². The van der Waals surface area contributed by atoms with Crippen molar-refractivity contribution in [2.75, 3.05) is 5.32 Å². The third-order valence-corrected chi connectivity index (χ3v) is 4.32. The van der Waals surface area contributed by atoms with Crippen molar-refractivity contribution in [3.05, 3.63) is 76.9 Å². The maximum Gasteiger partial charge on any atom is 0.258 e. The van der Waals surface area contributed by atoms with Gasteiger partial charge in [-0.3, -0.25) is 4.79 Å². The summed E-state index contributed by atoms with van der Waals surface area (Å²) in [5.74, 6) is -2.81. The summed E-state index contributed by atoms with van der Waals surface area (Å²) in [5, 5.41) is 4.80. The lowest BCUT2D eigenvalue weighted by atomic mass is 10.0. The van der Waals surface area contributed by atoms with Crippen molar-refractivity contribution in [2.45, 2.75) is 12.8 Å². The van der Waals surface area contributed by atoms with E-state index >= 15 is 0 Å². The number of hydrogen-bond donors (Lipinski definition) is 1. The summed E-state index contributed by atoms with van der Waals surface area (Å²) in [5.41, 5.74) is 2.82. The second-order valence-corrected chi connectivity index (χ2v) is 5.67. The average Bonchev–Trinajstić information content (AvgIpc) is 2.97. The molecule has 0 saturated heterocycles. The number of nitrogens with one attached hydrogen (secondary N) is 1. The zero-order chi connectivity index (χ0) is 16.0. The molecule has 23 heavy (non-hydrogen) atoms. The standard InChI is InChI=1S/C19H13F2NO/c20-15-6-2-5-14(18(15)21)19(23)22-16-10-9-12-8-7-11-3-1-4-13(16)17(11)12/h1-6,9-10H,7-8H2,(H,22,23). The number of benzene rings is 3. The number of carbonyl (C=O) groups excluding carboxylic acids is 1. The third-order valence-electron chi connectivity index (χ3n) is 4.32. The monoisotopic (exact) mass is 309 g/mol. The van der Waals surface area contributed by atoms with Crippen LogP contribution in [-0.4, -0.2) is 5.91 Å². The molecule has 1 aliphatic rings. The largest absolute Gasteiger partial charge is 0.321 e. The molecule has 0 aliphatic heterocycles. The van der Waals surface area contributed by atoms with Crippen molar-refractivity contribution in [3.8, 4) is 0 Å². The number of rotatable bonds is 2. The van der Waals surface area contributed by atoms with E-state index in [9.17, 15) is 13.6 Å². The SMILES string of the molecule is O=C(Nc1ccc2c3c(cccc13)CC2)c1cccc(F)c1F. The molecule has 1 aliphatic carbocycles. The van der Waals surface area contributed by atoms with Gasteiger partial charge in [0, 0.05) is 11.1 Å². The lowest BCUT2D eigenvalue weighted by molar-refractivity contribution is 0.102. The van der Waals surface area contributed by atoms with Gasteiger partial charge >= 0.3 is 0 Å². The maximum atomic E-state index is 13.8. The summed E-state index contributed by atoms with van der Waals surface area (Å²) >= 11 is 0. The molecular weight excluding hydrogens is 296 g/mol. The highest BCUT2D eigenvalue weighted by atomic mass is 19.2. The van der Waals surface area contributed by atoms with Crippen LogP contribution in [0.4, 0.5) is 14.5 Å². The molecule has 0 heterocycles. The van der Waals surface area contributed by atoms with Gasteiger partial charge in [-0.25, -0.2) is 8.78 Å². The number of aryl methyl sites for hydroxylation is 2. The van der Waals surface area contributed by atoms with Crippen LogP contribution < -0.4 is 5.32 Å². The maximum absolute atomic E-state index is 13.8. The molecule has 2 nitrogen and oxygen atoms in total. The molecule has 1 amide bonds. The van der Waals surface area contributed by atoms with E-state index in [1.165, 1.54) is 23.3 Å². The lowest BCUT2D eigenvalue weighted by Gasteiger charge is -2.11. The Bertz CT molecular complexity index is 939. The second-order valence-electron chi connectivity index (χ2n) is 5.67. The minimum absolute atomic E-state index is 0.298. The predicted molar refractivity (Wildman–Crippen MR) is 85.7 cm³/mol. The summed E-state index contributed by atoms with van der Waals surface area (Å²) < 4.78 is 27.1. The molecule has 0 fully saturated rings. The molecule has 0 spiro atoms. The van der Waals surface area contributed by atoms with Crippen molar-refractivity contribution < 1.29 is 13.6 Å². The van der Waals surface area contributed by atoms with E-state index in [1.807, 2.05) is 24.3 Å². The Morgan fingerprint density at radius 3 is 2.48 bits per heavy atom. The van der Waals surface area contributed by atoms with Crippen LogP contribution in [0.1, 0.15) is 21.5 Å². The summed E-state index contributed by atoms with van der Waals surface area (Å²) in [4.78, 5) is 12.3. The predicted octanol–water partition coefficient (Wildman–Crippen LogP) is 4.47. The number of carbonyl (C=O) groups is 1. The van der Waals surface area contributed by atoms with Gasteiger partial charge in [0.25, 0.3) is 5.91 Å². The number of anilines is 1. The van der Waals surface area contributed by atoms with Crippen LogP contribution in [0.2, 0.25) is 0 Å². The van der Waals surface area contributed by atoms with Crippen LogP contribution in [0.25, 0.3) is 10.8 Å². The molecule has 1 N–H and O–H groups in total. The molecular formula is C19H13F2NO. The summed E-state index contributed by atoms with van der Waals surface area (Å²) in [7, 11) is 0. The van der Waals surface area contributed by atoms with E-state index in [0.717, 1.165) is 29.7 Å². The summed E-state index contributed by atoms with van der Waals surface area (Å²) in [6.45, 7) is 0. The van der Waals surface area contributed by atoms with Crippen molar-refractivity contribution in [3.63, 3.8) is 0 Å². The molecule has 0 radical (unpaired) electrons. The van der Waals surface area contributed by atoms with E-state index in [1.54, 1.807) is 0 Å². The molecule has 0 atom stereocenters. The van der Waals surface area contributed by atoms with Gasteiger partial charge in [-0.2, -0.15) is 0 Å². The molecule has 3 aromatic carbocycles. The fraction of sp³-hybridized carbons (Fsp3) is 0.105. The van der Waals surface area contributed by atoms with Crippen LogP contribution in [0.5, 0.6) is 0 Å². The van der Waals surface area contributed by atoms with E-state index in [-0.39, 0.29) is 5.56 Å². The molecule has 0 bridgehead atoms. The lowest BCUT2D eigenvalue weighted by Crippen LogP contribution is -2.14. The van der Waals surface area contributed by atoms with Crippen LogP contribution in [0.15, 0.2) is 48.5 Å². The number of hydrogen-bond acceptors (Lipinski definition) is 1. The first kappa shape index (κ1) is 13.9. The van der Waals surface area contributed by atoms with Crippen molar-refractivity contribution in [2.24, 2.45) is 0 Å². The minimum Gasteiger partial charge on any atom is -0.321 e. The van der Waals surface area contributed by atoms with Crippen LogP contribution >= 0.6 is 0 Å². The molecule has 0 saturated carbocycles. The van der Waals surface area contributed by atoms with Gasteiger partial charge in [-0.05, 0) is 47.6 Å². The van der Waals surface area contributed by atoms with E-state index < -0.39 is 17.5 Å². The van der Waals surface area contributed by atoms with Crippen molar-refractivity contribution in [1.82, 2.24) is 0 Å². The van der Waals surface area contributed by atoms with E-state index in [4.69, 9.17) is 0 Å². The molecule has 0 unspecified atom stereocenters. The summed E-state index contributed by atoms with van der Waals surface area (Å²) in [6, 6.07) is 13.4. The van der Waals surface area contributed by atoms with E-state index in [0.29, 0.717) is 5.69 Å². The Morgan fingerprint density at radius 1 is 0.913 bits per heavy atom. The molecule has 4 rings (SSSR count). The zero-order valence-electron chi connectivity index (χ0n) is 12.2. The zero-order valence-corrected chi connectivity index (χ0v) is 12.2. The highest BCUT2D eigenvalue weighted by molar-refractivity contribution is 6.10. The fourth-order valence-corrected chi connectivity index (χ4v) is 3.22. The number of halogens is 2.